The van der Waals surface area contributed by atoms with Gasteiger partial charge in [0.15, 0.2) is 5.65 Å². The van der Waals surface area contributed by atoms with E-state index in [0.717, 1.165) is 16.9 Å². The van der Waals surface area contributed by atoms with Gasteiger partial charge >= 0.3 is 0 Å². The molecular weight excluding hydrogens is 240 g/mol. The third kappa shape index (κ3) is 2.54. The van der Waals surface area contributed by atoms with E-state index in [9.17, 15) is 0 Å². The molecule has 3 heterocycles. The Balaban J connectivity index is 1.89. The summed E-state index contributed by atoms with van der Waals surface area (Å²) in [6.07, 6.45) is 4.32. The lowest BCUT2D eigenvalue weighted by Gasteiger charge is -1.99. The van der Waals surface area contributed by atoms with Crippen molar-refractivity contribution in [3.8, 4) is 5.88 Å². The van der Waals surface area contributed by atoms with E-state index in [4.69, 9.17) is 4.74 Å². The number of H-pyrrole nitrogens is 1. The topological polar surface area (TPSA) is 63.7 Å². The summed E-state index contributed by atoms with van der Waals surface area (Å²) in [6.45, 7) is 2.54. The van der Waals surface area contributed by atoms with E-state index in [0.29, 0.717) is 24.6 Å². The molecule has 0 amide bonds. The number of hydrogen-bond donors (Lipinski definition) is 1. The Hall–Kier alpha value is -2.43. The molecule has 5 nitrogen and oxygen atoms in total. The standard InChI is InChI=1S/C14H14N4O/c1-2-19-13-6-5-11-14(18-13)17-12(16-11)8-10-4-3-7-15-9-10/h3-7,9H,2,8H2,1H3,(H,16,17,18). The number of imidazole rings is 1. The second-order valence-electron chi connectivity index (χ2n) is 4.18. The third-order valence-corrected chi connectivity index (χ3v) is 2.76. The maximum atomic E-state index is 5.37. The normalized spacial score (nSPS) is 10.8. The monoisotopic (exact) mass is 254 g/mol. The second kappa shape index (κ2) is 5.06. The van der Waals surface area contributed by atoms with Gasteiger partial charge in [0.05, 0.1) is 12.1 Å². The molecule has 0 aromatic carbocycles. The molecule has 0 aliphatic carbocycles. The van der Waals surface area contributed by atoms with E-state index in [1.165, 1.54) is 0 Å². The molecule has 19 heavy (non-hydrogen) atoms. The van der Waals surface area contributed by atoms with Crippen LogP contribution < -0.4 is 4.74 Å². The van der Waals surface area contributed by atoms with Crippen molar-refractivity contribution in [2.24, 2.45) is 0 Å². The average molecular weight is 254 g/mol. The lowest BCUT2D eigenvalue weighted by Crippen LogP contribution is -1.93. The number of pyridine rings is 2. The molecule has 1 N–H and O–H groups in total. The highest BCUT2D eigenvalue weighted by atomic mass is 16.5. The zero-order chi connectivity index (χ0) is 13.1. The molecule has 0 saturated carbocycles. The van der Waals surface area contributed by atoms with Crippen LogP contribution in [0.3, 0.4) is 0 Å². The van der Waals surface area contributed by atoms with Crippen molar-refractivity contribution in [3.05, 3.63) is 48.0 Å². The molecule has 3 aromatic rings. The molecule has 0 spiro atoms. The highest BCUT2D eigenvalue weighted by molar-refractivity contribution is 5.71. The van der Waals surface area contributed by atoms with E-state index in [1.807, 2.05) is 37.4 Å². The zero-order valence-corrected chi connectivity index (χ0v) is 10.6. The molecule has 0 unspecified atom stereocenters. The van der Waals surface area contributed by atoms with E-state index in [-0.39, 0.29) is 0 Å². The molecule has 3 aromatic heterocycles. The maximum absolute atomic E-state index is 5.37. The smallest absolute Gasteiger partial charge is 0.215 e. The number of rotatable bonds is 4. The van der Waals surface area contributed by atoms with Crippen LogP contribution in [0.1, 0.15) is 18.3 Å². The van der Waals surface area contributed by atoms with Crippen LogP contribution in [0.4, 0.5) is 0 Å². The van der Waals surface area contributed by atoms with Crippen LogP contribution in [0.15, 0.2) is 36.7 Å². The third-order valence-electron chi connectivity index (χ3n) is 2.76. The zero-order valence-electron chi connectivity index (χ0n) is 10.6. The van der Waals surface area contributed by atoms with Crippen molar-refractivity contribution < 1.29 is 4.74 Å². The molecule has 0 aliphatic heterocycles. The van der Waals surface area contributed by atoms with E-state index in [1.54, 1.807) is 6.20 Å². The Labute approximate surface area is 110 Å². The highest BCUT2D eigenvalue weighted by Crippen LogP contribution is 2.16. The van der Waals surface area contributed by atoms with Crippen molar-refractivity contribution in [2.75, 3.05) is 6.61 Å². The number of nitrogens with one attached hydrogen (secondary N) is 1. The number of ether oxygens (including phenoxy) is 1. The Kier molecular flexibility index (Phi) is 3.10. The number of nitrogens with zero attached hydrogens (tertiary/aromatic N) is 3. The quantitative estimate of drug-likeness (QED) is 0.776. The molecule has 0 bridgehead atoms. The fourth-order valence-corrected chi connectivity index (χ4v) is 1.93. The van der Waals surface area contributed by atoms with Gasteiger partial charge in [0.1, 0.15) is 5.82 Å². The summed E-state index contributed by atoms with van der Waals surface area (Å²) < 4.78 is 5.37. The van der Waals surface area contributed by atoms with Crippen LogP contribution in [0.2, 0.25) is 0 Å². The van der Waals surface area contributed by atoms with Gasteiger partial charge in [0.2, 0.25) is 5.88 Å². The SMILES string of the molecule is CCOc1ccc2[nH]c(Cc3cccnc3)nc2n1. The molecule has 96 valence electrons. The van der Waals surface area contributed by atoms with Gasteiger partial charge in [-0.05, 0) is 24.6 Å². The molecule has 0 radical (unpaired) electrons. The van der Waals surface area contributed by atoms with Gasteiger partial charge < -0.3 is 9.72 Å². The largest absolute Gasteiger partial charge is 0.478 e. The minimum absolute atomic E-state index is 0.603. The molecule has 0 saturated heterocycles. The van der Waals surface area contributed by atoms with Crippen LogP contribution in [0.25, 0.3) is 11.2 Å². The van der Waals surface area contributed by atoms with Crippen molar-refractivity contribution >= 4 is 11.2 Å². The molecule has 3 rings (SSSR count). The number of aromatic nitrogens is 4. The molecular formula is C14H14N4O. The van der Waals surface area contributed by atoms with Crippen LogP contribution in [-0.2, 0) is 6.42 Å². The van der Waals surface area contributed by atoms with E-state index in [2.05, 4.69) is 19.9 Å². The van der Waals surface area contributed by atoms with Gasteiger partial charge in [-0.25, -0.2) is 4.98 Å². The summed E-state index contributed by atoms with van der Waals surface area (Å²) in [4.78, 5) is 16.2. The lowest BCUT2D eigenvalue weighted by atomic mass is 10.2. The minimum atomic E-state index is 0.603. The molecule has 0 atom stereocenters. The second-order valence-corrected chi connectivity index (χ2v) is 4.18. The van der Waals surface area contributed by atoms with E-state index >= 15 is 0 Å². The van der Waals surface area contributed by atoms with Crippen molar-refractivity contribution in [2.45, 2.75) is 13.3 Å². The Bertz CT molecular complexity index is 678. The molecule has 5 heteroatoms. The first-order valence-electron chi connectivity index (χ1n) is 6.22. The van der Waals surface area contributed by atoms with Crippen molar-refractivity contribution in [1.29, 1.82) is 0 Å². The van der Waals surface area contributed by atoms with E-state index < -0.39 is 0 Å². The van der Waals surface area contributed by atoms with Gasteiger partial charge in [0, 0.05) is 24.9 Å². The predicted octanol–water partition coefficient (Wildman–Crippen LogP) is 2.34. The van der Waals surface area contributed by atoms with Crippen molar-refractivity contribution in [1.82, 2.24) is 19.9 Å². The van der Waals surface area contributed by atoms with Gasteiger partial charge in [0.25, 0.3) is 0 Å². The summed E-state index contributed by atoms with van der Waals surface area (Å²) in [6, 6.07) is 7.73. The number of hydrogen-bond acceptors (Lipinski definition) is 4. The minimum Gasteiger partial charge on any atom is -0.478 e. The van der Waals surface area contributed by atoms with Crippen LogP contribution in [0, 0.1) is 0 Å². The molecule has 0 aliphatic rings. The Morgan fingerprint density at radius 1 is 1.21 bits per heavy atom. The summed E-state index contributed by atoms with van der Waals surface area (Å²) in [5, 5.41) is 0. The fourth-order valence-electron chi connectivity index (χ4n) is 1.93. The van der Waals surface area contributed by atoms with Crippen LogP contribution >= 0.6 is 0 Å². The highest BCUT2D eigenvalue weighted by Gasteiger charge is 2.06. The van der Waals surface area contributed by atoms with Crippen molar-refractivity contribution in [3.63, 3.8) is 0 Å². The predicted molar refractivity (Wildman–Crippen MR) is 72.1 cm³/mol. The van der Waals surface area contributed by atoms with Gasteiger partial charge in [-0.1, -0.05) is 6.07 Å². The summed E-state index contributed by atoms with van der Waals surface area (Å²) >= 11 is 0. The maximum Gasteiger partial charge on any atom is 0.215 e. The number of aromatic amines is 1. The van der Waals surface area contributed by atoms with Crippen LogP contribution in [0.5, 0.6) is 5.88 Å². The Morgan fingerprint density at radius 2 is 2.16 bits per heavy atom. The number of fused-ring (bicyclic) bond motifs is 1. The lowest BCUT2D eigenvalue weighted by molar-refractivity contribution is 0.328. The molecule has 0 fully saturated rings. The first kappa shape index (κ1) is 11.6. The first-order valence-corrected chi connectivity index (χ1v) is 6.22. The van der Waals surface area contributed by atoms with Gasteiger partial charge in [-0.15, -0.1) is 0 Å². The summed E-state index contributed by atoms with van der Waals surface area (Å²) in [5.41, 5.74) is 2.72. The first-order chi connectivity index (χ1) is 9.35. The fraction of sp³-hybridized carbons (Fsp3) is 0.214. The summed E-state index contributed by atoms with van der Waals surface area (Å²) in [5.74, 6) is 1.48. The van der Waals surface area contributed by atoms with Gasteiger partial charge in [-0.3, -0.25) is 4.98 Å². The Morgan fingerprint density at radius 3 is 2.95 bits per heavy atom. The average Bonchev–Trinajstić information content (AvgIpc) is 2.82. The van der Waals surface area contributed by atoms with Crippen LogP contribution in [-0.4, -0.2) is 26.5 Å². The summed E-state index contributed by atoms with van der Waals surface area (Å²) in [7, 11) is 0. The van der Waals surface area contributed by atoms with Gasteiger partial charge in [-0.2, -0.15) is 4.98 Å².